The van der Waals surface area contributed by atoms with Crippen molar-refractivity contribution in [1.29, 1.82) is 0 Å². The van der Waals surface area contributed by atoms with Gasteiger partial charge < -0.3 is 20.4 Å². The molecule has 6 heteroatoms. The summed E-state index contributed by atoms with van der Waals surface area (Å²) in [6.07, 6.45) is 0.976. The Morgan fingerprint density at radius 2 is 1.57 bits per heavy atom. The summed E-state index contributed by atoms with van der Waals surface area (Å²) in [7, 11) is 0. The highest BCUT2D eigenvalue weighted by atomic mass is 16.5. The molecule has 1 atom stereocenters. The molecule has 1 saturated heterocycles. The summed E-state index contributed by atoms with van der Waals surface area (Å²) < 4.78 is 5.35. The SMILES string of the molecule is O=C(NC[C@@H]1CCOC1)c1ccc(NC(=O)c2cc3cc(-c4ccc5ccccc5c4)ccc3[nH]2)cc1. The lowest BCUT2D eigenvalue weighted by Gasteiger charge is -2.10. The molecular weight excluding hydrogens is 462 g/mol. The average Bonchev–Trinajstić information content (AvgIpc) is 3.61. The molecule has 6 nitrogen and oxygen atoms in total. The van der Waals surface area contributed by atoms with E-state index in [0.717, 1.165) is 35.1 Å². The molecular formula is C31H27N3O3. The van der Waals surface area contributed by atoms with Crippen molar-refractivity contribution in [3.63, 3.8) is 0 Å². The summed E-state index contributed by atoms with van der Waals surface area (Å²) in [6.45, 7) is 2.07. The molecule has 0 radical (unpaired) electrons. The molecule has 0 saturated carbocycles. The second-order valence-corrected chi connectivity index (χ2v) is 9.52. The summed E-state index contributed by atoms with van der Waals surface area (Å²) in [6, 6.07) is 29.7. The number of anilines is 1. The van der Waals surface area contributed by atoms with Crippen LogP contribution in [0.2, 0.25) is 0 Å². The fraction of sp³-hybridized carbons (Fsp3) is 0.161. The molecule has 3 N–H and O–H groups in total. The predicted molar refractivity (Wildman–Crippen MR) is 147 cm³/mol. The Morgan fingerprint density at radius 3 is 2.35 bits per heavy atom. The highest BCUT2D eigenvalue weighted by Crippen LogP contribution is 2.28. The average molecular weight is 490 g/mol. The monoisotopic (exact) mass is 489 g/mol. The highest BCUT2D eigenvalue weighted by Gasteiger charge is 2.17. The molecule has 2 heterocycles. The first-order chi connectivity index (χ1) is 18.1. The predicted octanol–water partition coefficient (Wildman–Crippen LogP) is 6.01. The Morgan fingerprint density at radius 1 is 0.811 bits per heavy atom. The maximum atomic E-state index is 12.9. The van der Waals surface area contributed by atoms with Crippen molar-refractivity contribution in [3.05, 3.63) is 102 Å². The highest BCUT2D eigenvalue weighted by molar-refractivity contribution is 6.06. The van der Waals surface area contributed by atoms with Crippen LogP contribution in [0.1, 0.15) is 27.3 Å². The smallest absolute Gasteiger partial charge is 0.272 e. The van der Waals surface area contributed by atoms with Gasteiger partial charge in [-0.3, -0.25) is 9.59 Å². The van der Waals surface area contributed by atoms with Crippen LogP contribution in [-0.4, -0.2) is 36.6 Å². The number of fused-ring (bicyclic) bond motifs is 2. The number of rotatable bonds is 6. The van der Waals surface area contributed by atoms with Gasteiger partial charge in [-0.25, -0.2) is 0 Å². The topological polar surface area (TPSA) is 83.2 Å². The first-order valence-corrected chi connectivity index (χ1v) is 12.5. The number of carbonyl (C=O) groups is 2. The van der Waals surface area contributed by atoms with E-state index in [1.165, 1.54) is 10.8 Å². The van der Waals surface area contributed by atoms with Gasteiger partial charge in [0.1, 0.15) is 5.69 Å². The van der Waals surface area contributed by atoms with Gasteiger partial charge in [0.2, 0.25) is 0 Å². The van der Waals surface area contributed by atoms with E-state index in [0.29, 0.717) is 36.0 Å². The lowest BCUT2D eigenvalue weighted by molar-refractivity contribution is 0.0944. The van der Waals surface area contributed by atoms with Crippen LogP contribution in [0.25, 0.3) is 32.8 Å². The van der Waals surface area contributed by atoms with Crippen LogP contribution < -0.4 is 10.6 Å². The number of hydrogen-bond donors (Lipinski definition) is 3. The second-order valence-electron chi connectivity index (χ2n) is 9.52. The fourth-order valence-electron chi connectivity index (χ4n) is 4.79. The van der Waals surface area contributed by atoms with Crippen LogP contribution in [-0.2, 0) is 4.74 Å². The summed E-state index contributed by atoms with van der Waals surface area (Å²) in [5.41, 5.74) is 4.79. The summed E-state index contributed by atoms with van der Waals surface area (Å²) in [5, 5.41) is 9.24. The number of ether oxygens (including phenoxy) is 1. The summed E-state index contributed by atoms with van der Waals surface area (Å²) >= 11 is 0. The minimum atomic E-state index is -0.234. The molecule has 1 aliphatic heterocycles. The third-order valence-electron chi connectivity index (χ3n) is 6.93. The lowest BCUT2D eigenvalue weighted by Crippen LogP contribution is -2.29. The molecule has 6 rings (SSSR count). The van der Waals surface area contributed by atoms with Gasteiger partial charge in [-0.15, -0.1) is 0 Å². The van der Waals surface area contributed by atoms with Crippen molar-refractivity contribution in [2.45, 2.75) is 6.42 Å². The lowest BCUT2D eigenvalue weighted by atomic mass is 10.0. The molecule has 184 valence electrons. The Bertz CT molecular complexity index is 1600. The van der Waals surface area contributed by atoms with Gasteiger partial charge in [0, 0.05) is 41.2 Å². The zero-order chi connectivity index (χ0) is 25.2. The zero-order valence-electron chi connectivity index (χ0n) is 20.3. The second kappa shape index (κ2) is 9.91. The number of nitrogens with one attached hydrogen (secondary N) is 3. The van der Waals surface area contributed by atoms with Gasteiger partial charge >= 0.3 is 0 Å². The zero-order valence-corrected chi connectivity index (χ0v) is 20.3. The molecule has 2 amide bonds. The first-order valence-electron chi connectivity index (χ1n) is 12.5. The maximum absolute atomic E-state index is 12.9. The molecule has 1 aliphatic rings. The third-order valence-corrected chi connectivity index (χ3v) is 6.93. The van der Waals surface area contributed by atoms with E-state index in [1.807, 2.05) is 24.3 Å². The molecule has 0 spiro atoms. The number of hydrogen-bond acceptors (Lipinski definition) is 3. The van der Waals surface area contributed by atoms with Crippen molar-refractivity contribution in [2.24, 2.45) is 5.92 Å². The summed E-state index contributed by atoms with van der Waals surface area (Å²) in [5.74, 6) is 0.0203. The van der Waals surface area contributed by atoms with Gasteiger partial charge in [-0.1, -0.05) is 42.5 Å². The number of H-pyrrole nitrogens is 1. The van der Waals surface area contributed by atoms with E-state index in [2.05, 4.69) is 58.1 Å². The van der Waals surface area contributed by atoms with Gasteiger partial charge in [-0.2, -0.15) is 0 Å². The van der Waals surface area contributed by atoms with Crippen LogP contribution in [0.15, 0.2) is 91.0 Å². The standard InChI is InChI=1S/C31H27N3O3/c35-30(32-18-20-13-14-37-19-20)22-7-10-27(11-8-22)33-31(36)29-17-26-16-25(9-12-28(26)34-29)24-6-5-21-3-1-2-4-23(21)15-24/h1-12,15-17,20,34H,13-14,18-19H2,(H,32,35)(H,33,36)/t20-/m0/s1. The van der Waals surface area contributed by atoms with Gasteiger partial charge in [0.15, 0.2) is 0 Å². The Kier molecular flexibility index (Phi) is 6.16. The Balaban J connectivity index is 1.13. The van der Waals surface area contributed by atoms with Crippen molar-refractivity contribution in [3.8, 4) is 11.1 Å². The van der Waals surface area contributed by atoms with E-state index >= 15 is 0 Å². The Hall–Kier alpha value is -4.42. The first kappa shape index (κ1) is 23.0. The molecule has 0 aliphatic carbocycles. The fourth-order valence-corrected chi connectivity index (χ4v) is 4.79. The normalized spacial score (nSPS) is 15.2. The van der Waals surface area contributed by atoms with E-state index < -0.39 is 0 Å². The molecule has 0 bridgehead atoms. The Labute approximate surface area is 214 Å². The van der Waals surface area contributed by atoms with Gasteiger partial charge in [0.25, 0.3) is 11.8 Å². The van der Waals surface area contributed by atoms with E-state index in [-0.39, 0.29) is 11.8 Å². The van der Waals surface area contributed by atoms with Crippen molar-refractivity contribution >= 4 is 39.2 Å². The number of aromatic nitrogens is 1. The third kappa shape index (κ3) is 4.97. The number of carbonyl (C=O) groups excluding carboxylic acids is 2. The molecule has 37 heavy (non-hydrogen) atoms. The molecule has 0 unspecified atom stereocenters. The van der Waals surface area contributed by atoms with E-state index in [4.69, 9.17) is 4.74 Å². The quantitative estimate of drug-likeness (QED) is 0.273. The number of benzene rings is 4. The van der Waals surface area contributed by atoms with Crippen molar-refractivity contribution < 1.29 is 14.3 Å². The van der Waals surface area contributed by atoms with Crippen LogP contribution in [0.3, 0.4) is 0 Å². The number of aromatic amines is 1. The van der Waals surface area contributed by atoms with Crippen LogP contribution >= 0.6 is 0 Å². The maximum Gasteiger partial charge on any atom is 0.272 e. The number of amides is 2. The molecule has 1 fully saturated rings. The van der Waals surface area contributed by atoms with Crippen LogP contribution in [0.4, 0.5) is 5.69 Å². The van der Waals surface area contributed by atoms with Gasteiger partial charge in [0.05, 0.1) is 6.61 Å². The molecule has 5 aromatic rings. The van der Waals surface area contributed by atoms with Gasteiger partial charge in [-0.05, 0) is 76.9 Å². The minimum Gasteiger partial charge on any atom is -0.381 e. The minimum absolute atomic E-state index is 0.123. The van der Waals surface area contributed by atoms with Crippen molar-refractivity contribution in [2.75, 3.05) is 25.1 Å². The molecule has 4 aromatic carbocycles. The summed E-state index contributed by atoms with van der Waals surface area (Å²) in [4.78, 5) is 28.5. The largest absolute Gasteiger partial charge is 0.381 e. The van der Waals surface area contributed by atoms with Crippen molar-refractivity contribution in [1.82, 2.24) is 10.3 Å². The van der Waals surface area contributed by atoms with E-state index in [1.54, 1.807) is 24.3 Å². The van der Waals surface area contributed by atoms with E-state index in [9.17, 15) is 9.59 Å². The van der Waals surface area contributed by atoms with Crippen LogP contribution in [0.5, 0.6) is 0 Å². The van der Waals surface area contributed by atoms with Crippen LogP contribution in [0, 0.1) is 5.92 Å². The molecule has 1 aromatic heterocycles.